The maximum Gasteiger partial charge on any atom is 0.130 e. The highest BCUT2D eigenvalue weighted by Gasteiger charge is 2.18. The van der Waals surface area contributed by atoms with Gasteiger partial charge in [-0.2, -0.15) is 0 Å². The van der Waals surface area contributed by atoms with E-state index >= 15 is 0 Å². The smallest absolute Gasteiger partial charge is 0.130 e. The summed E-state index contributed by atoms with van der Waals surface area (Å²) >= 11 is 0. The van der Waals surface area contributed by atoms with Gasteiger partial charge < -0.3 is 10.1 Å². The van der Waals surface area contributed by atoms with Gasteiger partial charge in [-0.15, -0.1) is 0 Å². The first-order chi connectivity index (χ1) is 8.16. The van der Waals surface area contributed by atoms with Crippen molar-refractivity contribution in [2.45, 2.75) is 31.8 Å². The number of nitrogens with one attached hydrogen (secondary N) is 1. The molecule has 2 nitrogen and oxygen atoms in total. The van der Waals surface area contributed by atoms with Crippen LogP contribution in [0.2, 0.25) is 0 Å². The van der Waals surface area contributed by atoms with Crippen LogP contribution in [-0.2, 0) is 4.74 Å². The molecule has 1 unspecified atom stereocenters. The van der Waals surface area contributed by atoms with E-state index in [1.54, 1.807) is 0 Å². The summed E-state index contributed by atoms with van der Waals surface area (Å²) in [6, 6.07) is 3.96. The number of ether oxygens (including phenoxy) is 1. The molecule has 2 rings (SSSR count). The maximum atomic E-state index is 13.6. The van der Waals surface area contributed by atoms with Crippen LogP contribution in [0, 0.1) is 11.6 Å². The number of rotatable bonds is 3. The SMILES string of the molecule is CC(NC1CCOCC1)c1ccc(F)cc1F. The van der Waals surface area contributed by atoms with Crippen molar-refractivity contribution in [1.82, 2.24) is 5.32 Å². The predicted octanol–water partition coefficient (Wildman–Crippen LogP) is 2.79. The van der Waals surface area contributed by atoms with Crippen molar-refractivity contribution in [3.05, 3.63) is 35.4 Å². The van der Waals surface area contributed by atoms with E-state index in [-0.39, 0.29) is 6.04 Å². The van der Waals surface area contributed by atoms with Crippen LogP contribution >= 0.6 is 0 Å². The molecule has 4 heteroatoms. The van der Waals surface area contributed by atoms with E-state index in [0.29, 0.717) is 11.6 Å². The minimum atomic E-state index is -0.537. The highest BCUT2D eigenvalue weighted by molar-refractivity contribution is 5.21. The molecule has 0 spiro atoms. The summed E-state index contributed by atoms with van der Waals surface area (Å²) in [5.74, 6) is -1.03. The Morgan fingerprint density at radius 2 is 2.00 bits per heavy atom. The second-order valence-electron chi connectivity index (χ2n) is 4.44. The lowest BCUT2D eigenvalue weighted by Crippen LogP contribution is -2.36. The molecule has 0 saturated carbocycles. The molecule has 94 valence electrons. The summed E-state index contributed by atoms with van der Waals surface area (Å²) in [4.78, 5) is 0. The maximum absolute atomic E-state index is 13.6. The third kappa shape index (κ3) is 3.23. The van der Waals surface area contributed by atoms with Gasteiger partial charge in [-0.25, -0.2) is 8.78 Å². The normalized spacial score (nSPS) is 19.2. The fourth-order valence-corrected chi connectivity index (χ4v) is 2.16. The molecule has 1 aromatic carbocycles. The summed E-state index contributed by atoms with van der Waals surface area (Å²) in [5, 5.41) is 3.35. The van der Waals surface area contributed by atoms with Crippen LogP contribution in [0.3, 0.4) is 0 Å². The minimum absolute atomic E-state index is 0.112. The highest BCUT2D eigenvalue weighted by Crippen LogP contribution is 2.20. The van der Waals surface area contributed by atoms with Gasteiger partial charge in [0, 0.05) is 36.9 Å². The Morgan fingerprint density at radius 1 is 1.29 bits per heavy atom. The monoisotopic (exact) mass is 241 g/mol. The third-order valence-electron chi connectivity index (χ3n) is 3.14. The van der Waals surface area contributed by atoms with Gasteiger partial charge in [-0.3, -0.25) is 0 Å². The Kier molecular flexibility index (Phi) is 4.07. The number of benzene rings is 1. The summed E-state index contributed by atoms with van der Waals surface area (Å²) in [6.07, 6.45) is 1.88. The van der Waals surface area contributed by atoms with Gasteiger partial charge in [-0.05, 0) is 25.8 Å². The average molecular weight is 241 g/mol. The second kappa shape index (κ2) is 5.56. The summed E-state index contributed by atoms with van der Waals surface area (Å²) < 4.78 is 31.6. The van der Waals surface area contributed by atoms with Crippen molar-refractivity contribution in [2.75, 3.05) is 13.2 Å². The van der Waals surface area contributed by atoms with E-state index in [1.165, 1.54) is 12.1 Å². The zero-order valence-electron chi connectivity index (χ0n) is 9.88. The van der Waals surface area contributed by atoms with Crippen LogP contribution in [0.4, 0.5) is 8.78 Å². The summed E-state index contributed by atoms with van der Waals surface area (Å²) in [6.45, 7) is 3.39. The molecule has 17 heavy (non-hydrogen) atoms. The molecule has 0 aromatic heterocycles. The van der Waals surface area contributed by atoms with Crippen molar-refractivity contribution in [3.63, 3.8) is 0 Å². The first kappa shape index (κ1) is 12.5. The van der Waals surface area contributed by atoms with Crippen LogP contribution in [0.1, 0.15) is 31.4 Å². The van der Waals surface area contributed by atoms with Gasteiger partial charge in [0.2, 0.25) is 0 Å². The predicted molar refractivity (Wildman–Crippen MR) is 61.7 cm³/mol. The van der Waals surface area contributed by atoms with E-state index in [1.807, 2.05) is 6.92 Å². The number of hydrogen-bond acceptors (Lipinski definition) is 2. The second-order valence-corrected chi connectivity index (χ2v) is 4.44. The largest absolute Gasteiger partial charge is 0.381 e. The van der Waals surface area contributed by atoms with E-state index in [2.05, 4.69) is 5.32 Å². The van der Waals surface area contributed by atoms with Crippen LogP contribution in [0.5, 0.6) is 0 Å². The number of halogens is 2. The minimum Gasteiger partial charge on any atom is -0.381 e. The molecule has 1 heterocycles. The van der Waals surface area contributed by atoms with Crippen molar-refractivity contribution in [1.29, 1.82) is 0 Å². The molecule has 1 fully saturated rings. The topological polar surface area (TPSA) is 21.3 Å². The molecule has 0 bridgehead atoms. The third-order valence-corrected chi connectivity index (χ3v) is 3.14. The fourth-order valence-electron chi connectivity index (χ4n) is 2.16. The molecule has 0 radical (unpaired) electrons. The first-order valence-electron chi connectivity index (χ1n) is 5.95. The average Bonchev–Trinajstić information content (AvgIpc) is 2.30. The van der Waals surface area contributed by atoms with Crippen LogP contribution in [0.15, 0.2) is 18.2 Å². The molecule has 1 aliphatic rings. The first-order valence-corrected chi connectivity index (χ1v) is 5.95. The molecule has 1 saturated heterocycles. The zero-order chi connectivity index (χ0) is 12.3. The van der Waals surface area contributed by atoms with E-state index < -0.39 is 11.6 Å². The van der Waals surface area contributed by atoms with Crippen molar-refractivity contribution >= 4 is 0 Å². The molecular weight excluding hydrogens is 224 g/mol. The quantitative estimate of drug-likeness (QED) is 0.878. The van der Waals surface area contributed by atoms with Crippen molar-refractivity contribution in [2.24, 2.45) is 0 Å². The lowest BCUT2D eigenvalue weighted by molar-refractivity contribution is 0.0753. The molecule has 1 N–H and O–H groups in total. The molecule has 1 aliphatic heterocycles. The zero-order valence-corrected chi connectivity index (χ0v) is 9.88. The standard InChI is InChI=1S/C13H17F2NO/c1-9(16-11-4-6-17-7-5-11)12-3-2-10(14)8-13(12)15/h2-3,8-9,11,16H,4-7H2,1H3. The Bertz CT molecular complexity index is 378. The Labute approximate surface area is 100.0 Å². The fraction of sp³-hybridized carbons (Fsp3) is 0.538. The van der Waals surface area contributed by atoms with E-state index in [0.717, 1.165) is 32.1 Å². The Hall–Kier alpha value is -1.00. The number of hydrogen-bond donors (Lipinski definition) is 1. The lowest BCUT2D eigenvalue weighted by atomic mass is 10.0. The van der Waals surface area contributed by atoms with Gasteiger partial charge in [-0.1, -0.05) is 6.07 Å². The van der Waals surface area contributed by atoms with Crippen LogP contribution < -0.4 is 5.32 Å². The van der Waals surface area contributed by atoms with Crippen LogP contribution in [0.25, 0.3) is 0 Å². The molecule has 0 amide bonds. The van der Waals surface area contributed by atoms with E-state index in [9.17, 15) is 8.78 Å². The van der Waals surface area contributed by atoms with Gasteiger partial charge >= 0.3 is 0 Å². The van der Waals surface area contributed by atoms with Gasteiger partial charge in [0.25, 0.3) is 0 Å². The van der Waals surface area contributed by atoms with Crippen molar-refractivity contribution in [3.8, 4) is 0 Å². The van der Waals surface area contributed by atoms with E-state index in [4.69, 9.17) is 4.74 Å². The lowest BCUT2D eigenvalue weighted by Gasteiger charge is -2.27. The highest BCUT2D eigenvalue weighted by atomic mass is 19.1. The molecule has 0 aliphatic carbocycles. The van der Waals surface area contributed by atoms with Crippen LogP contribution in [-0.4, -0.2) is 19.3 Å². The Morgan fingerprint density at radius 3 is 2.65 bits per heavy atom. The summed E-state index contributed by atoms with van der Waals surface area (Å²) in [5.41, 5.74) is 0.512. The molecule has 1 aromatic rings. The molecule has 1 atom stereocenters. The van der Waals surface area contributed by atoms with Gasteiger partial charge in [0.15, 0.2) is 0 Å². The van der Waals surface area contributed by atoms with Gasteiger partial charge in [0.05, 0.1) is 0 Å². The Balaban J connectivity index is 2.00. The molecular formula is C13H17F2NO. The van der Waals surface area contributed by atoms with Crippen molar-refractivity contribution < 1.29 is 13.5 Å². The van der Waals surface area contributed by atoms with Gasteiger partial charge in [0.1, 0.15) is 11.6 Å². The summed E-state index contributed by atoms with van der Waals surface area (Å²) in [7, 11) is 0.